The number of rotatable bonds is 6. The van der Waals surface area contributed by atoms with Crippen molar-refractivity contribution < 1.29 is 10.2 Å². The number of unbranched alkanes of at least 4 members (excludes halogenated alkanes) is 2. The quantitative estimate of drug-likeness (QED) is 0.566. The summed E-state index contributed by atoms with van der Waals surface area (Å²) in [5, 5.41) is 26.7. The van der Waals surface area contributed by atoms with Gasteiger partial charge < -0.3 is 10.2 Å². The van der Waals surface area contributed by atoms with Gasteiger partial charge in [-0.25, -0.2) is 0 Å². The maximum Gasteiger partial charge on any atom is 0.115 e. The zero-order chi connectivity index (χ0) is 16.9. The lowest BCUT2D eigenvalue weighted by Crippen LogP contribution is -1.91. The van der Waals surface area contributed by atoms with Crippen molar-refractivity contribution in [1.82, 2.24) is 10.2 Å². The van der Waals surface area contributed by atoms with Gasteiger partial charge in [-0.05, 0) is 61.4 Å². The Balaban J connectivity index is 2.02. The number of nitrogens with zero attached hydrogens (tertiary/aromatic N) is 1. The van der Waals surface area contributed by atoms with Crippen LogP contribution in [0.15, 0.2) is 48.5 Å². The molecule has 0 saturated heterocycles. The molecule has 1 aromatic heterocycles. The van der Waals surface area contributed by atoms with E-state index in [0.717, 1.165) is 35.4 Å². The molecule has 3 rings (SSSR count). The number of aromatic amines is 1. The van der Waals surface area contributed by atoms with E-state index < -0.39 is 0 Å². The Kier molecular flexibility index (Phi) is 4.85. The van der Waals surface area contributed by atoms with Crippen molar-refractivity contribution in [3.05, 3.63) is 54.1 Å². The molecule has 1 heterocycles. The molecule has 0 atom stereocenters. The molecule has 0 spiro atoms. The van der Waals surface area contributed by atoms with Gasteiger partial charge in [-0.1, -0.05) is 19.8 Å². The van der Waals surface area contributed by atoms with Crippen LogP contribution in [0.3, 0.4) is 0 Å². The Morgan fingerprint density at radius 3 is 2.00 bits per heavy atom. The fourth-order valence-electron chi connectivity index (χ4n) is 2.89. The highest BCUT2D eigenvalue weighted by atomic mass is 16.3. The normalized spacial score (nSPS) is 10.9. The molecule has 24 heavy (non-hydrogen) atoms. The van der Waals surface area contributed by atoms with Gasteiger partial charge in [0.15, 0.2) is 0 Å². The lowest BCUT2D eigenvalue weighted by Gasteiger charge is -2.07. The Labute approximate surface area is 141 Å². The first-order valence-electron chi connectivity index (χ1n) is 8.35. The van der Waals surface area contributed by atoms with E-state index in [1.807, 2.05) is 24.3 Å². The topological polar surface area (TPSA) is 69.1 Å². The standard InChI is InChI=1S/C20H22N2O2/c1-2-3-4-5-18-19(14-6-10-16(23)11-7-14)21-22-20(18)15-8-12-17(24)13-9-15/h6-13,23-24H,2-5H2,1H3,(H,21,22). The lowest BCUT2D eigenvalue weighted by atomic mass is 9.97. The molecule has 0 aliphatic carbocycles. The van der Waals surface area contributed by atoms with E-state index in [0.29, 0.717) is 0 Å². The zero-order valence-corrected chi connectivity index (χ0v) is 13.8. The van der Waals surface area contributed by atoms with E-state index in [1.54, 1.807) is 24.3 Å². The molecule has 0 aliphatic heterocycles. The van der Waals surface area contributed by atoms with Crippen molar-refractivity contribution in [2.24, 2.45) is 0 Å². The molecule has 0 saturated carbocycles. The number of hydrogen-bond donors (Lipinski definition) is 3. The summed E-state index contributed by atoms with van der Waals surface area (Å²) in [5.41, 5.74) is 5.10. The van der Waals surface area contributed by atoms with Gasteiger partial charge in [0.25, 0.3) is 0 Å². The summed E-state index contributed by atoms with van der Waals surface area (Å²) >= 11 is 0. The molecule has 3 N–H and O–H groups in total. The highest BCUT2D eigenvalue weighted by Gasteiger charge is 2.16. The summed E-state index contributed by atoms with van der Waals surface area (Å²) in [6, 6.07) is 14.3. The molecule has 2 aromatic carbocycles. The van der Waals surface area contributed by atoms with Crippen molar-refractivity contribution in [2.75, 3.05) is 0 Å². The number of phenols is 2. The van der Waals surface area contributed by atoms with Crippen LogP contribution in [0.4, 0.5) is 0 Å². The predicted octanol–water partition coefficient (Wildman–Crippen LogP) is 4.89. The van der Waals surface area contributed by atoms with Crippen molar-refractivity contribution in [2.45, 2.75) is 32.6 Å². The van der Waals surface area contributed by atoms with Crippen LogP contribution in [0, 0.1) is 0 Å². The van der Waals surface area contributed by atoms with Crippen LogP contribution in [0.5, 0.6) is 11.5 Å². The Morgan fingerprint density at radius 1 is 0.833 bits per heavy atom. The van der Waals surface area contributed by atoms with E-state index in [4.69, 9.17) is 0 Å². The summed E-state index contributed by atoms with van der Waals surface area (Å²) in [6.07, 6.45) is 4.39. The number of hydrogen-bond acceptors (Lipinski definition) is 3. The van der Waals surface area contributed by atoms with Gasteiger partial charge in [0.2, 0.25) is 0 Å². The number of benzene rings is 2. The monoisotopic (exact) mass is 322 g/mol. The summed E-state index contributed by atoms with van der Waals surface area (Å²) in [5.74, 6) is 0.505. The van der Waals surface area contributed by atoms with Crippen molar-refractivity contribution >= 4 is 0 Å². The van der Waals surface area contributed by atoms with Crippen LogP contribution >= 0.6 is 0 Å². The largest absolute Gasteiger partial charge is 0.508 e. The van der Waals surface area contributed by atoms with E-state index in [9.17, 15) is 10.2 Å². The van der Waals surface area contributed by atoms with Crippen LogP contribution in [0.25, 0.3) is 22.5 Å². The molecule has 0 unspecified atom stereocenters. The number of H-pyrrole nitrogens is 1. The van der Waals surface area contributed by atoms with Gasteiger partial charge in [0.1, 0.15) is 11.5 Å². The Morgan fingerprint density at radius 2 is 1.42 bits per heavy atom. The van der Waals surface area contributed by atoms with E-state index >= 15 is 0 Å². The van der Waals surface area contributed by atoms with Crippen molar-refractivity contribution in [3.63, 3.8) is 0 Å². The average Bonchev–Trinajstić information content (AvgIpc) is 3.00. The summed E-state index contributed by atoms with van der Waals surface area (Å²) in [4.78, 5) is 0. The lowest BCUT2D eigenvalue weighted by molar-refractivity contribution is 0.475. The average molecular weight is 322 g/mol. The van der Waals surface area contributed by atoms with Crippen LogP contribution < -0.4 is 0 Å². The second-order valence-electron chi connectivity index (χ2n) is 5.98. The van der Waals surface area contributed by atoms with Gasteiger partial charge >= 0.3 is 0 Å². The van der Waals surface area contributed by atoms with Gasteiger partial charge in [-0.2, -0.15) is 5.10 Å². The number of aromatic nitrogens is 2. The van der Waals surface area contributed by atoms with Crippen LogP contribution in [0.2, 0.25) is 0 Å². The summed E-state index contributed by atoms with van der Waals surface area (Å²) < 4.78 is 0. The number of phenolic OH excluding ortho intramolecular Hbond substituents is 2. The van der Waals surface area contributed by atoms with Crippen LogP contribution in [-0.2, 0) is 6.42 Å². The minimum absolute atomic E-state index is 0.251. The fourth-order valence-corrected chi connectivity index (χ4v) is 2.89. The van der Waals surface area contributed by atoms with Crippen molar-refractivity contribution in [3.8, 4) is 34.0 Å². The maximum absolute atomic E-state index is 9.51. The SMILES string of the molecule is CCCCCc1c(-c2ccc(O)cc2)n[nH]c1-c1ccc(O)cc1. The minimum Gasteiger partial charge on any atom is -0.508 e. The third-order valence-corrected chi connectivity index (χ3v) is 4.19. The highest BCUT2D eigenvalue weighted by Crippen LogP contribution is 2.32. The maximum atomic E-state index is 9.51. The van der Waals surface area contributed by atoms with Gasteiger partial charge in [-0.3, -0.25) is 5.10 Å². The molecule has 0 amide bonds. The number of nitrogens with one attached hydrogen (secondary N) is 1. The molecule has 4 heteroatoms. The predicted molar refractivity (Wildman–Crippen MR) is 96.0 cm³/mol. The number of aromatic hydroxyl groups is 2. The van der Waals surface area contributed by atoms with Crippen LogP contribution in [0.1, 0.15) is 31.7 Å². The molecule has 0 bridgehead atoms. The fraction of sp³-hybridized carbons (Fsp3) is 0.250. The molecule has 124 valence electrons. The smallest absolute Gasteiger partial charge is 0.115 e. The summed E-state index contributed by atoms with van der Waals surface area (Å²) in [6.45, 7) is 2.19. The minimum atomic E-state index is 0.251. The third-order valence-electron chi connectivity index (χ3n) is 4.19. The molecule has 3 aromatic rings. The van der Waals surface area contributed by atoms with Crippen LogP contribution in [-0.4, -0.2) is 20.4 Å². The van der Waals surface area contributed by atoms with E-state index in [-0.39, 0.29) is 11.5 Å². The van der Waals surface area contributed by atoms with Crippen molar-refractivity contribution in [1.29, 1.82) is 0 Å². The second kappa shape index (κ2) is 7.21. The van der Waals surface area contributed by atoms with Gasteiger partial charge in [0.05, 0.1) is 11.4 Å². The zero-order valence-electron chi connectivity index (χ0n) is 13.8. The first-order valence-corrected chi connectivity index (χ1v) is 8.35. The Bertz CT molecular complexity index is 727. The third kappa shape index (κ3) is 3.43. The second-order valence-corrected chi connectivity index (χ2v) is 5.98. The van der Waals surface area contributed by atoms with Gasteiger partial charge in [-0.15, -0.1) is 0 Å². The molecule has 0 aliphatic rings. The molecule has 4 nitrogen and oxygen atoms in total. The van der Waals surface area contributed by atoms with E-state index in [1.165, 1.54) is 18.4 Å². The van der Waals surface area contributed by atoms with Gasteiger partial charge in [0, 0.05) is 16.7 Å². The molecule has 0 radical (unpaired) electrons. The molecular formula is C20H22N2O2. The summed E-state index contributed by atoms with van der Waals surface area (Å²) in [7, 11) is 0. The molecular weight excluding hydrogens is 300 g/mol. The van der Waals surface area contributed by atoms with E-state index in [2.05, 4.69) is 17.1 Å². The first kappa shape index (κ1) is 16.1. The molecule has 0 fully saturated rings. The first-order chi connectivity index (χ1) is 11.7. The Hall–Kier alpha value is -2.75. The highest BCUT2D eigenvalue weighted by molar-refractivity contribution is 5.74.